The average Bonchev–Trinajstić information content (AvgIpc) is 2.97. The van der Waals surface area contributed by atoms with E-state index in [2.05, 4.69) is 34.5 Å². The molecule has 4 rings (SSSR count). The fourth-order valence-corrected chi connectivity index (χ4v) is 4.15. The van der Waals surface area contributed by atoms with Gasteiger partial charge in [0, 0.05) is 5.02 Å². The van der Waals surface area contributed by atoms with E-state index in [9.17, 15) is 4.79 Å². The lowest BCUT2D eigenvalue weighted by molar-refractivity contribution is -0.126. The second-order valence-electron chi connectivity index (χ2n) is 6.50. The second kappa shape index (κ2) is 8.17. The summed E-state index contributed by atoms with van der Waals surface area (Å²) < 4.78 is 0. The summed E-state index contributed by atoms with van der Waals surface area (Å²) in [6, 6.07) is 21.7. The lowest BCUT2D eigenvalue weighted by atomic mass is 10.0. The minimum Gasteiger partial charge on any atom is -0.284 e. The molecule has 4 nitrogen and oxygen atoms in total. The molecule has 1 fully saturated rings. The van der Waals surface area contributed by atoms with Crippen LogP contribution < -0.4 is 0 Å². The molecule has 0 saturated carbocycles. The van der Waals surface area contributed by atoms with Crippen molar-refractivity contribution in [3.63, 3.8) is 0 Å². The molecular weight excluding hydrogens is 390 g/mol. The fraction of sp³-hybridized carbons (Fsp3) is 0.136. The Hall–Kier alpha value is -2.63. The molecule has 0 bridgehead atoms. The van der Waals surface area contributed by atoms with Crippen LogP contribution in [0.2, 0.25) is 5.02 Å². The van der Waals surface area contributed by atoms with Gasteiger partial charge in [0.1, 0.15) is 0 Å². The van der Waals surface area contributed by atoms with Crippen LogP contribution in [0.4, 0.5) is 0 Å². The van der Waals surface area contributed by atoms with Crippen LogP contribution >= 0.6 is 23.4 Å². The highest BCUT2D eigenvalue weighted by atomic mass is 35.5. The smallest absolute Gasteiger partial charge is 0.242 e. The molecule has 0 unspecified atom stereocenters. The third kappa shape index (κ3) is 3.96. The number of hydrogen-bond acceptors (Lipinski definition) is 4. The van der Waals surface area contributed by atoms with Crippen LogP contribution in [-0.2, 0) is 11.3 Å². The van der Waals surface area contributed by atoms with Crippen molar-refractivity contribution in [2.24, 2.45) is 10.2 Å². The maximum Gasteiger partial charge on any atom is 0.242 e. The van der Waals surface area contributed by atoms with Gasteiger partial charge < -0.3 is 0 Å². The molecule has 1 saturated heterocycles. The Kier molecular flexibility index (Phi) is 5.46. The molecule has 1 heterocycles. The van der Waals surface area contributed by atoms with Crippen molar-refractivity contribution in [1.29, 1.82) is 0 Å². The average molecular weight is 408 g/mol. The zero-order valence-electron chi connectivity index (χ0n) is 15.2. The summed E-state index contributed by atoms with van der Waals surface area (Å²) in [4.78, 5) is 14.4. The molecule has 140 valence electrons. The largest absolute Gasteiger partial charge is 0.284 e. The van der Waals surface area contributed by atoms with E-state index in [1.807, 2.05) is 37.3 Å². The van der Waals surface area contributed by atoms with Gasteiger partial charge in [0.2, 0.25) is 5.91 Å². The molecule has 0 aliphatic carbocycles. The minimum absolute atomic E-state index is 0.0541. The molecule has 0 N–H and O–H groups in total. The topological polar surface area (TPSA) is 45.0 Å². The Balaban J connectivity index is 1.60. The molecule has 3 aromatic rings. The molecule has 0 aromatic heterocycles. The molecule has 1 aliphatic heterocycles. The maximum absolute atomic E-state index is 12.7. The molecule has 28 heavy (non-hydrogen) atoms. The number of benzene rings is 3. The first-order valence-corrected chi connectivity index (χ1v) is 10.2. The number of amides is 1. The Bertz CT molecular complexity index is 1070. The molecule has 1 atom stereocenters. The second-order valence-corrected chi connectivity index (χ2v) is 8.25. The van der Waals surface area contributed by atoms with E-state index in [1.165, 1.54) is 11.8 Å². The Morgan fingerprint density at radius 1 is 1.07 bits per heavy atom. The number of fused-ring (bicyclic) bond motifs is 1. The quantitative estimate of drug-likeness (QED) is 0.432. The monoisotopic (exact) mass is 407 g/mol. The van der Waals surface area contributed by atoms with Gasteiger partial charge in [-0.25, -0.2) is 0 Å². The summed E-state index contributed by atoms with van der Waals surface area (Å²) in [7, 11) is 0. The van der Waals surface area contributed by atoms with Crippen LogP contribution in [0, 0.1) is 0 Å². The van der Waals surface area contributed by atoms with Crippen LogP contribution in [0.3, 0.4) is 0 Å². The van der Waals surface area contributed by atoms with Crippen molar-refractivity contribution in [3.8, 4) is 0 Å². The molecule has 1 aliphatic rings. The predicted molar refractivity (Wildman–Crippen MR) is 118 cm³/mol. The number of hydrogen-bond donors (Lipinski definition) is 0. The van der Waals surface area contributed by atoms with Gasteiger partial charge >= 0.3 is 0 Å². The first-order valence-electron chi connectivity index (χ1n) is 8.93. The Morgan fingerprint density at radius 2 is 1.82 bits per heavy atom. The highest BCUT2D eigenvalue weighted by Crippen LogP contribution is 2.30. The number of halogens is 1. The third-order valence-electron chi connectivity index (χ3n) is 4.56. The summed E-state index contributed by atoms with van der Waals surface area (Å²) in [5, 5.41) is 11.9. The number of thioether (sulfide) groups is 1. The number of carbonyl (C=O) groups excluding carboxylic acids is 1. The van der Waals surface area contributed by atoms with Crippen LogP contribution in [0.15, 0.2) is 76.9 Å². The summed E-state index contributed by atoms with van der Waals surface area (Å²) in [5.41, 5.74) is 1.99. The van der Waals surface area contributed by atoms with Gasteiger partial charge in [-0.3, -0.25) is 9.69 Å². The van der Waals surface area contributed by atoms with Gasteiger partial charge in [-0.05, 0) is 41.0 Å². The van der Waals surface area contributed by atoms with E-state index < -0.39 is 0 Å². The van der Waals surface area contributed by atoms with E-state index in [1.54, 1.807) is 23.2 Å². The first-order chi connectivity index (χ1) is 13.6. The van der Waals surface area contributed by atoms with Gasteiger partial charge in [0.05, 0.1) is 18.0 Å². The number of rotatable bonds is 4. The van der Waals surface area contributed by atoms with Crippen LogP contribution in [-0.4, -0.2) is 27.4 Å². The van der Waals surface area contributed by atoms with Crippen LogP contribution in [0.25, 0.3) is 10.8 Å². The van der Waals surface area contributed by atoms with E-state index in [0.29, 0.717) is 16.7 Å². The van der Waals surface area contributed by atoms with E-state index in [4.69, 9.17) is 11.6 Å². The lowest BCUT2D eigenvalue weighted by Crippen LogP contribution is -2.30. The van der Waals surface area contributed by atoms with Crippen molar-refractivity contribution in [3.05, 3.63) is 82.9 Å². The molecular formula is C22H18ClN3OS. The molecule has 6 heteroatoms. The summed E-state index contributed by atoms with van der Waals surface area (Å²) in [6.45, 7) is 2.38. The van der Waals surface area contributed by atoms with Crippen LogP contribution in [0.5, 0.6) is 0 Å². The van der Waals surface area contributed by atoms with Gasteiger partial charge in [0.15, 0.2) is 5.17 Å². The van der Waals surface area contributed by atoms with Crippen LogP contribution in [0.1, 0.15) is 18.1 Å². The van der Waals surface area contributed by atoms with E-state index in [0.717, 1.165) is 21.9 Å². The number of nitrogens with zero attached hydrogens (tertiary/aromatic N) is 3. The van der Waals surface area contributed by atoms with Gasteiger partial charge in [0.25, 0.3) is 0 Å². The number of carbonyl (C=O) groups is 1. The van der Waals surface area contributed by atoms with E-state index in [-0.39, 0.29) is 11.2 Å². The zero-order valence-corrected chi connectivity index (χ0v) is 16.8. The van der Waals surface area contributed by atoms with Gasteiger partial charge in [-0.15, -0.1) is 5.10 Å². The summed E-state index contributed by atoms with van der Waals surface area (Å²) in [6.07, 6.45) is 1.66. The third-order valence-corrected chi connectivity index (χ3v) is 5.88. The van der Waals surface area contributed by atoms with Gasteiger partial charge in [-0.2, -0.15) is 5.10 Å². The number of amidine groups is 1. The van der Waals surface area contributed by atoms with Crippen molar-refractivity contribution in [1.82, 2.24) is 4.90 Å². The highest BCUT2D eigenvalue weighted by Gasteiger charge is 2.35. The zero-order chi connectivity index (χ0) is 19.5. The lowest BCUT2D eigenvalue weighted by Gasteiger charge is -2.17. The van der Waals surface area contributed by atoms with E-state index >= 15 is 0 Å². The Morgan fingerprint density at radius 3 is 2.64 bits per heavy atom. The fourth-order valence-electron chi connectivity index (χ4n) is 3.10. The SMILES string of the molecule is C[C@@H]1S/C(=N\N=C/c2ccc(Cl)cc2)N(Cc2cccc3ccccc23)C1=O. The van der Waals surface area contributed by atoms with Crippen molar-refractivity contribution < 1.29 is 4.79 Å². The predicted octanol–water partition coefficient (Wildman–Crippen LogP) is 5.35. The highest BCUT2D eigenvalue weighted by molar-refractivity contribution is 8.15. The van der Waals surface area contributed by atoms with Crippen molar-refractivity contribution in [2.75, 3.05) is 0 Å². The molecule has 3 aromatic carbocycles. The molecule has 0 radical (unpaired) electrons. The van der Waals surface area contributed by atoms with Gasteiger partial charge in [-0.1, -0.05) is 78.0 Å². The normalized spacial score (nSPS) is 18.6. The summed E-state index contributed by atoms with van der Waals surface area (Å²) in [5.74, 6) is 0.0541. The Labute approximate surface area is 172 Å². The maximum atomic E-state index is 12.7. The van der Waals surface area contributed by atoms with Crippen molar-refractivity contribution in [2.45, 2.75) is 18.7 Å². The summed E-state index contributed by atoms with van der Waals surface area (Å²) >= 11 is 7.33. The standard InChI is InChI=1S/C22H18ClN3OS/c1-15-21(27)26(14-18-7-4-6-17-5-2-3-8-20(17)18)22(28-15)25-24-13-16-9-11-19(23)12-10-16/h2-13,15H,14H2,1H3/b24-13-,25-22-/t15-/m0/s1. The molecule has 0 spiro atoms. The molecule has 1 amide bonds. The first kappa shape index (κ1) is 18.7. The van der Waals surface area contributed by atoms with Crippen molar-refractivity contribution >= 4 is 51.4 Å². The minimum atomic E-state index is -0.167.